The number of cyclic esters (lactones) is 3. The van der Waals surface area contributed by atoms with Gasteiger partial charge < -0.3 is 19.3 Å². The molecule has 7 rings (SSSR count). The minimum absolute atomic E-state index is 0.227. The van der Waals surface area contributed by atoms with Gasteiger partial charge in [0.15, 0.2) is 0 Å². The number of benzene rings is 2. The van der Waals surface area contributed by atoms with Gasteiger partial charge in [-0.1, -0.05) is 128 Å². The molecule has 2 aromatic carbocycles. The molecule has 0 spiro atoms. The molecule has 280 valence electrons. The average molecular weight is 696 g/mol. The Morgan fingerprint density at radius 3 is 1.22 bits per heavy atom. The third kappa shape index (κ3) is 34.8. The highest BCUT2D eigenvalue weighted by Crippen LogP contribution is 2.20. The predicted molar refractivity (Wildman–Crippen MR) is 211 cm³/mol. The van der Waals surface area contributed by atoms with Gasteiger partial charge in [-0.2, -0.15) is 0 Å². The van der Waals surface area contributed by atoms with Crippen LogP contribution in [-0.2, 0) is 36.7 Å². The molecule has 0 unspecified atom stereocenters. The Labute approximate surface area is 303 Å². The van der Waals surface area contributed by atoms with Gasteiger partial charge in [0.1, 0.15) is 6.61 Å². The van der Waals surface area contributed by atoms with Crippen LogP contribution in [0.5, 0.6) is 0 Å². The molecule has 2 fully saturated rings. The molecule has 2 saturated heterocycles. The Balaban J connectivity index is -0.000000242. The summed E-state index contributed by atoms with van der Waals surface area (Å²) in [7, 11) is 5.64. The average Bonchev–Trinajstić information content (AvgIpc) is 3.61. The molecule has 0 amide bonds. The van der Waals surface area contributed by atoms with Crippen molar-refractivity contribution in [3.63, 3.8) is 0 Å². The Morgan fingerprint density at radius 2 is 1.08 bits per heavy atom. The molecule has 50 heavy (non-hydrogen) atoms. The summed E-state index contributed by atoms with van der Waals surface area (Å²) in [6, 6.07) is 18.7. The van der Waals surface area contributed by atoms with E-state index in [1.165, 1.54) is 64.1 Å². The Morgan fingerprint density at radius 1 is 0.700 bits per heavy atom. The van der Waals surface area contributed by atoms with E-state index in [2.05, 4.69) is 74.2 Å². The number of fused-ring (bicyclic) bond motifs is 1. The molecular formula is C40H65N5O5. The number of likely N-dealkylation sites (N-methyl/N-ethyl adjacent to an activating group) is 1. The van der Waals surface area contributed by atoms with Crippen molar-refractivity contribution >= 4 is 24.0 Å². The number of esters is 3. The van der Waals surface area contributed by atoms with E-state index in [-0.39, 0.29) is 5.97 Å². The molecule has 0 saturated carbocycles. The monoisotopic (exact) mass is 695 g/mol. The molecule has 10 nitrogen and oxygen atoms in total. The first kappa shape index (κ1) is 52.3. The van der Waals surface area contributed by atoms with Gasteiger partial charge in [0, 0.05) is 43.3 Å². The fourth-order valence-corrected chi connectivity index (χ4v) is 2.93. The molecular weight excluding hydrogens is 630 g/mol. The lowest BCUT2D eigenvalue weighted by Gasteiger charge is -2.24. The van der Waals surface area contributed by atoms with E-state index in [0.717, 1.165) is 12.2 Å². The van der Waals surface area contributed by atoms with Crippen LogP contribution in [0, 0.1) is 0 Å². The maximum atomic E-state index is 9.93. The van der Waals surface area contributed by atoms with Crippen LogP contribution in [-0.4, -0.2) is 81.6 Å². The van der Waals surface area contributed by atoms with Crippen LogP contribution < -0.4 is 0 Å². The van der Waals surface area contributed by atoms with Crippen molar-refractivity contribution in [3.8, 4) is 0 Å². The zero-order chi connectivity index (χ0) is 39.0. The second kappa shape index (κ2) is 40.7. The van der Waals surface area contributed by atoms with Crippen LogP contribution in [0.25, 0.3) is 16.5 Å². The van der Waals surface area contributed by atoms with Gasteiger partial charge in [-0.3, -0.25) is 0 Å². The van der Waals surface area contributed by atoms with Gasteiger partial charge in [0.25, 0.3) is 0 Å². The number of ether oxygens (including phenoxy) is 2. The standard InChI is InChI=1S/2C8H8.C4H9N.C4H2O3.C4H4O2.C3H7N.4C2H6.CH3N3/c1-2-4-8-6-5-7(8)3-1;1-2-8-6-4-3-5-7-8;1-5-3-2-4-5;5-3-1-2-4(6)7-3;5-4-2-1-3-6-4;1-4-2-3-4;4*1-2;1-3-4-2/h1-4H,5-6H2;2-7H,1H2;2-4H2,1H3;1-2H;1-2H,3H2;2-3H2,1H3;4*1-2H3;1H3. The van der Waals surface area contributed by atoms with Crippen molar-refractivity contribution in [2.24, 2.45) is 5.11 Å². The van der Waals surface area contributed by atoms with E-state index < -0.39 is 11.9 Å². The number of carbonyl (C=O) groups excluding carboxylic acids is 3. The van der Waals surface area contributed by atoms with Crippen molar-refractivity contribution < 1.29 is 23.9 Å². The highest BCUT2D eigenvalue weighted by molar-refractivity contribution is 6.04. The number of aryl methyl sites for hydroxylation is 2. The fourth-order valence-electron chi connectivity index (χ4n) is 2.93. The van der Waals surface area contributed by atoms with Gasteiger partial charge >= 0.3 is 17.9 Å². The second-order valence-electron chi connectivity index (χ2n) is 9.24. The summed E-state index contributed by atoms with van der Waals surface area (Å²) in [6.45, 7) is 25.4. The molecule has 10 heteroatoms. The Hall–Kier alpha value is -4.50. The summed E-state index contributed by atoms with van der Waals surface area (Å²) in [5.74, 6) is -1.38. The largest absolute Gasteiger partial charge is 0.458 e. The van der Waals surface area contributed by atoms with Gasteiger partial charge in [0.2, 0.25) is 0 Å². The van der Waals surface area contributed by atoms with Crippen molar-refractivity contribution in [2.45, 2.75) is 74.7 Å². The number of carbonyl (C=O) groups is 3. The number of rotatable bonds is 1. The summed E-state index contributed by atoms with van der Waals surface area (Å²) in [5, 5.41) is 2.92. The minimum atomic E-state index is -0.579. The van der Waals surface area contributed by atoms with E-state index in [1.807, 2.05) is 91.8 Å². The van der Waals surface area contributed by atoms with Crippen molar-refractivity contribution in [2.75, 3.05) is 53.9 Å². The quantitative estimate of drug-likeness (QED) is 0.0728. The maximum absolute atomic E-state index is 9.93. The Kier molecular flexibility index (Phi) is 42.6. The third-order valence-electron chi connectivity index (χ3n) is 5.79. The lowest BCUT2D eigenvalue weighted by molar-refractivity contribution is -0.150. The normalized spacial score (nSPS) is 13.9. The molecule has 4 aliphatic heterocycles. The first-order valence-corrected chi connectivity index (χ1v) is 17.6. The summed E-state index contributed by atoms with van der Waals surface area (Å²) < 4.78 is 8.38. The van der Waals surface area contributed by atoms with Crippen LogP contribution in [0.4, 0.5) is 0 Å². The molecule has 2 aromatic rings. The lowest BCUT2D eigenvalue weighted by Crippen LogP contribution is -2.32. The van der Waals surface area contributed by atoms with Gasteiger partial charge in [0.05, 0.1) is 0 Å². The molecule has 4 heterocycles. The van der Waals surface area contributed by atoms with E-state index in [9.17, 15) is 14.4 Å². The molecule has 0 N–H and O–H groups in total. The first-order valence-electron chi connectivity index (χ1n) is 17.6. The van der Waals surface area contributed by atoms with Crippen LogP contribution in [0.3, 0.4) is 0 Å². The van der Waals surface area contributed by atoms with Crippen molar-refractivity contribution in [1.29, 1.82) is 0 Å². The zero-order valence-electron chi connectivity index (χ0n) is 32.7. The molecule has 0 bridgehead atoms. The topological polar surface area (TPSA) is 125 Å². The third-order valence-corrected chi connectivity index (χ3v) is 5.79. The first-order chi connectivity index (χ1) is 24.3. The number of likely N-dealkylation sites (tertiary alicyclic amines) is 1. The van der Waals surface area contributed by atoms with Crippen LogP contribution in [0.15, 0.2) is 90.6 Å². The molecule has 0 atom stereocenters. The fraction of sp³-hybridized carbons (Fsp3) is 0.475. The van der Waals surface area contributed by atoms with E-state index in [0.29, 0.717) is 6.61 Å². The molecule has 0 aromatic heterocycles. The summed E-state index contributed by atoms with van der Waals surface area (Å²) in [5.41, 5.74) is 11.6. The van der Waals surface area contributed by atoms with Crippen LogP contribution in [0.1, 0.15) is 78.5 Å². The van der Waals surface area contributed by atoms with Gasteiger partial charge in [-0.05, 0) is 74.7 Å². The highest BCUT2D eigenvalue weighted by Gasteiger charge is 2.10. The summed E-state index contributed by atoms with van der Waals surface area (Å²) in [6.07, 6.45) is 11.1. The number of nitrogens with zero attached hydrogens (tertiary/aromatic N) is 5. The lowest BCUT2D eigenvalue weighted by atomic mass is 9.89. The van der Waals surface area contributed by atoms with E-state index in [1.54, 1.807) is 17.2 Å². The van der Waals surface area contributed by atoms with Gasteiger partial charge in [-0.15, -0.1) is 0 Å². The number of hydrogen-bond acceptors (Lipinski definition) is 8. The Bertz CT molecular complexity index is 1180. The van der Waals surface area contributed by atoms with E-state index in [4.69, 9.17) is 5.53 Å². The highest BCUT2D eigenvalue weighted by atomic mass is 16.6. The SMILES string of the molecule is C=Cc1ccccc1.CC.CC.CC.CC.CN1CC1.CN1CCC1.CN=[N+]=[N-].O=C1C=CC(=O)O1.O=C1C=CCO1.c1ccc2c(c1)CC2. The maximum Gasteiger partial charge on any atom is 0.338 e. The van der Waals surface area contributed by atoms with Crippen LogP contribution >= 0.6 is 0 Å². The van der Waals surface area contributed by atoms with Crippen LogP contribution in [0.2, 0.25) is 0 Å². The smallest absolute Gasteiger partial charge is 0.338 e. The predicted octanol–water partition coefficient (Wildman–Crippen LogP) is 9.13. The zero-order valence-corrected chi connectivity index (χ0v) is 32.7. The number of hydrogen-bond donors (Lipinski definition) is 0. The summed E-state index contributed by atoms with van der Waals surface area (Å²) in [4.78, 5) is 36.7. The number of azide groups is 1. The van der Waals surface area contributed by atoms with Gasteiger partial charge in [-0.25, -0.2) is 14.4 Å². The molecule has 0 radical (unpaired) electrons. The summed E-state index contributed by atoms with van der Waals surface area (Å²) >= 11 is 0. The second-order valence-corrected chi connectivity index (χ2v) is 9.24. The van der Waals surface area contributed by atoms with Crippen molar-refractivity contribution in [1.82, 2.24) is 9.80 Å². The molecule has 5 aliphatic rings. The minimum Gasteiger partial charge on any atom is -0.458 e. The van der Waals surface area contributed by atoms with E-state index >= 15 is 0 Å². The molecule has 1 aliphatic carbocycles. The van der Waals surface area contributed by atoms with Crippen molar-refractivity contribution in [3.05, 3.63) is 113 Å².